The number of amides is 2. The summed E-state index contributed by atoms with van der Waals surface area (Å²) < 4.78 is 15.8. The third-order valence-electron chi connectivity index (χ3n) is 5.23. The standard InChI is InChI=1S/C23H23N3O5S/c1-29-14-10-13(11-15(12-14)30-2)21(27)26-23-25-20-16(8-9-19(20)32-23)22(28)24-17-6-4-5-7-18(17)31-3/h4-7,10-12,16H,8-9H2,1-3H3,(H,24,28)(H,25,26,27). The van der Waals surface area contributed by atoms with Gasteiger partial charge in [0.05, 0.1) is 38.6 Å². The summed E-state index contributed by atoms with van der Waals surface area (Å²) in [6, 6.07) is 12.2. The van der Waals surface area contributed by atoms with Crippen molar-refractivity contribution in [1.82, 2.24) is 4.98 Å². The predicted octanol–water partition coefficient (Wildman–Crippen LogP) is 4.09. The molecule has 0 spiro atoms. The second-order valence-corrected chi connectivity index (χ2v) is 8.25. The van der Waals surface area contributed by atoms with E-state index in [1.807, 2.05) is 12.1 Å². The van der Waals surface area contributed by atoms with Gasteiger partial charge in [0.2, 0.25) is 5.91 Å². The molecule has 0 fully saturated rings. The van der Waals surface area contributed by atoms with Gasteiger partial charge in [-0.15, -0.1) is 11.3 Å². The Bertz CT molecular complexity index is 1140. The van der Waals surface area contributed by atoms with Crippen LogP contribution in [0.3, 0.4) is 0 Å². The van der Waals surface area contributed by atoms with Gasteiger partial charge >= 0.3 is 0 Å². The van der Waals surface area contributed by atoms with Crippen molar-refractivity contribution in [2.45, 2.75) is 18.8 Å². The number of carbonyl (C=O) groups excluding carboxylic acids is 2. The maximum absolute atomic E-state index is 12.9. The monoisotopic (exact) mass is 453 g/mol. The number of anilines is 2. The fourth-order valence-corrected chi connectivity index (χ4v) is 4.64. The Morgan fingerprint density at radius 3 is 2.41 bits per heavy atom. The lowest BCUT2D eigenvalue weighted by atomic mass is 10.1. The van der Waals surface area contributed by atoms with E-state index in [4.69, 9.17) is 14.2 Å². The number of thiazole rings is 1. The maximum Gasteiger partial charge on any atom is 0.257 e. The van der Waals surface area contributed by atoms with Crippen molar-refractivity contribution in [3.8, 4) is 17.2 Å². The summed E-state index contributed by atoms with van der Waals surface area (Å²) in [5.74, 6) is 0.778. The summed E-state index contributed by atoms with van der Waals surface area (Å²) >= 11 is 1.39. The highest BCUT2D eigenvalue weighted by atomic mass is 32.1. The average Bonchev–Trinajstić information content (AvgIpc) is 3.39. The quantitative estimate of drug-likeness (QED) is 0.559. The van der Waals surface area contributed by atoms with Crippen molar-refractivity contribution in [2.75, 3.05) is 32.0 Å². The van der Waals surface area contributed by atoms with Crippen LogP contribution < -0.4 is 24.8 Å². The number of para-hydroxylation sites is 2. The number of aryl methyl sites for hydroxylation is 1. The minimum absolute atomic E-state index is 0.144. The first-order valence-electron chi connectivity index (χ1n) is 10.00. The van der Waals surface area contributed by atoms with E-state index >= 15 is 0 Å². The minimum atomic E-state index is -0.381. The van der Waals surface area contributed by atoms with Crippen molar-refractivity contribution in [1.29, 1.82) is 0 Å². The molecule has 2 N–H and O–H groups in total. The molecule has 0 radical (unpaired) electrons. The van der Waals surface area contributed by atoms with Crippen LogP contribution in [-0.4, -0.2) is 38.1 Å². The molecule has 1 aromatic heterocycles. The average molecular weight is 454 g/mol. The van der Waals surface area contributed by atoms with Gasteiger partial charge in [0.15, 0.2) is 5.13 Å². The van der Waals surface area contributed by atoms with Crippen molar-refractivity contribution in [3.05, 3.63) is 58.6 Å². The van der Waals surface area contributed by atoms with E-state index in [-0.39, 0.29) is 17.7 Å². The van der Waals surface area contributed by atoms with Crippen LogP contribution >= 0.6 is 11.3 Å². The number of rotatable bonds is 7. The number of benzene rings is 2. The fraction of sp³-hybridized carbons (Fsp3) is 0.261. The molecule has 1 heterocycles. The van der Waals surface area contributed by atoms with Crippen LogP contribution in [0, 0.1) is 0 Å². The SMILES string of the molecule is COc1cc(OC)cc(C(=O)Nc2nc3c(s2)CCC3C(=O)Nc2ccccc2OC)c1. The van der Waals surface area contributed by atoms with E-state index in [1.165, 1.54) is 25.6 Å². The smallest absolute Gasteiger partial charge is 0.257 e. The minimum Gasteiger partial charge on any atom is -0.497 e. The zero-order valence-electron chi connectivity index (χ0n) is 17.9. The second-order valence-electron chi connectivity index (χ2n) is 7.16. The molecule has 1 aliphatic rings. The first-order valence-corrected chi connectivity index (χ1v) is 10.8. The predicted molar refractivity (Wildman–Crippen MR) is 122 cm³/mol. The normalized spacial score (nSPS) is 14.4. The zero-order chi connectivity index (χ0) is 22.7. The summed E-state index contributed by atoms with van der Waals surface area (Å²) in [7, 11) is 4.61. The molecule has 1 aliphatic carbocycles. The lowest BCUT2D eigenvalue weighted by Gasteiger charge is -2.13. The number of hydrogen-bond acceptors (Lipinski definition) is 7. The number of nitrogens with zero attached hydrogens (tertiary/aromatic N) is 1. The highest BCUT2D eigenvalue weighted by Crippen LogP contribution is 2.39. The first kappa shape index (κ1) is 21.6. The van der Waals surface area contributed by atoms with E-state index in [9.17, 15) is 9.59 Å². The molecule has 4 rings (SSSR count). The fourth-order valence-electron chi connectivity index (χ4n) is 3.61. The largest absolute Gasteiger partial charge is 0.497 e. The molecule has 0 aliphatic heterocycles. The molecule has 3 aromatic rings. The number of methoxy groups -OCH3 is 3. The molecule has 9 heteroatoms. The molecule has 2 amide bonds. The van der Waals surface area contributed by atoms with Gasteiger partial charge in [0, 0.05) is 16.5 Å². The van der Waals surface area contributed by atoms with Gasteiger partial charge in [-0.05, 0) is 37.1 Å². The van der Waals surface area contributed by atoms with Crippen molar-refractivity contribution in [3.63, 3.8) is 0 Å². The van der Waals surface area contributed by atoms with Gasteiger partial charge in [-0.3, -0.25) is 14.9 Å². The van der Waals surface area contributed by atoms with Crippen LogP contribution in [0.5, 0.6) is 17.2 Å². The summed E-state index contributed by atoms with van der Waals surface area (Å²) in [5, 5.41) is 6.21. The van der Waals surface area contributed by atoms with E-state index in [2.05, 4.69) is 15.6 Å². The lowest BCUT2D eigenvalue weighted by molar-refractivity contribution is -0.117. The Kier molecular flexibility index (Phi) is 6.27. The molecule has 0 saturated heterocycles. The van der Waals surface area contributed by atoms with Gasteiger partial charge < -0.3 is 19.5 Å². The Labute approximate surface area is 189 Å². The molecular weight excluding hydrogens is 430 g/mol. The number of ether oxygens (including phenoxy) is 3. The first-order chi connectivity index (χ1) is 15.5. The molecule has 1 atom stereocenters. The molecule has 2 aromatic carbocycles. The van der Waals surface area contributed by atoms with Crippen LogP contribution in [-0.2, 0) is 11.2 Å². The van der Waals surface area contributed by atoms with E-state index in [0.717, 1.165) is 11.3 Å². The number of hydrogen-bond donors (Lipinski definition) is 2. The Balaban J connectivity index is 1.49. The molecular formula is C23H23N3O5S. The van der Waals surface area contributed by atoms with Crippen molar-refractivity contribution < 1.29 is 23.8 Å². The number of carbonyl (C=O) groups is 2. The van der Waals surface area contributed by atoms with Crippen molar-refractivity contribution in [2.24, 2.45) is 0 Å². The van der Waals surface area contributed by atoms with Crippen LogP contribution in [0.2, 0.25) is 0 Å². The second kappa shape index (κ2) is 9.27. The highest BCUT2D eigenvalue weighted by Gasteiger charge is 2.33. The summed E-state index contributed by atoms with van der Waals surface area (Å²) in [6.45, 7) is 0. The van der Waals surface area contributed by atoms with Crippen LogP contribution in [0.15, 0.2) is 42.5 Å². The third-order valence-corrected chi connectivity index (χ3v) is 6.28. The van der Waals surface area contributed by atoms with Gasteiger partial charge in [-0.25, -0.2) is 4.98 Å². The summed E-state index contributed by atoms with van der Waals surface area (Å²) in [4.78, 5) is 31.2. The topological polar surface area (TPSA) is 98.8 Å². The summed E-state index contributed by atoms with van der Waals surface area (Å²) in [5.41, 5.74) is 1.71. The summed E-state index contributed by atoms with van der Waals surface area (Å²) in [6.07, 6.45) is 1.41. The molecule has 8 nitrogen and oxygen atoms in total. The van der Waals surface area contributed by atoms with Gasteiger partial charge in [0.1, 0.15) is 17.2 Å². The van der Waals surface area contributed by atoms with Crippen LogP contribution in [0.1, 0.15) is 33.3 Å². The molecule has 166 valence electrons. The zero-order valence-corrected chi connectivity index (χ0v) is 18.7. The highest BCUT2D eigenvalue weighted by molar-refractivity contribution is 7.16. The van der Waals surface area contributed by atoms with Crippen LogP contribution in [0.25, 0.3) is 0 Å². The lowest BCUT2D eigenvalue weighted by Crippen LogP contribution is -2.20. The van der Waals surface area contributed by atoms with E-state index < -0.39 is 0 Å². The number of nitrogens with one attached hydrogen (secondary N) is 2. The van der Waals surface area contributed by atoms with E-state index in [1.54, 1.807) is 37.4 Å². The molecule has 0 saturated carbocycles. The Morgan fingerprint density at radius 1 is 1.00 bits per heavy atom. The van der Waals surface area contributed by atoms with Gasteiger partial charge in [-0.2, -0.15) is 0 Å². The van der Waals surface area contributed by atoms with E-state index in [0.29, 0.717) is 45.7 Å². The Hall–Kier alpha value is -3.59. The number of aromatic nitrogens is 1. The van der Waals surface area contributed by atoms with Gasteiger partial charge in [-0.1, -0.05) is 12.1 Å². The third kappa shape index (κ3) is 4.38. The number of fused-ring (bicyclic) bond motifs is 1. The van der Waals surface area contributed by atoms with Crippen LogP contribution in [0.4, 0.5) is 10.8 Å². The Morgan fingerprint density at radius 2 is 1.72 bits per heavy atom. The molecule has 32 heavy (non-hydrogen) atoms. The maximum atomic E-state index is 12.9. The molecule has 0 bridgehead atoms. The molecule has 1 unspecified atom stereocenters. The van der Waals surface area contributed by atoms with Gasteiger partial charge in [0.25, 0.3) is 5.91 Å². The van der Waals surface area contributed by atoms with Crippen molar-refractivity contribution >= 4 is 34.0 Å².